The summed E-state index contributed by atoms with van der Waals surface area (Å²) < 4.78 is 39.4. The van der Waals surface area contributed by atoms with Crippen LogP contribution in [0.2, 0.25) is 0 Å². The van der Waals surface area contributed by atoms with Gasteiger partial charge in [0, 0.05) is 61.0 Å². The molecule has 0 aliphatic heterocycles. The Hall–Kier alpha value is -4.98. The number of hydrogen-bond acceptors (Lipinski definition) is 5. The summed E-state index contributed by atoms with van der Waals surface area (Å²) >= 11 is 0. The van der Waals surface area contributed by atoms with Crippen molar-refractivity contribution < 1.29 is 22.4 Å². The van der Waals surface area contributed by atoms with Crippen LogP contribution in [0.4, 0.5) is 14.5 Å². The minimum absolute atomic E-state index is 0.316. The van der Waals surface area contributed by atoms with Crippen LogP contribution in [0.15, 0.2) is 87.7 Å². The molecule has 6 nitrogen and oxygen atoms in total. The van der Waals surface area contributed by atoms with Crippen LogP contribution in [0.25, 0.3) is 56.0 Å². The lowest BCUT2D eigenvalue weighted by molar-refractivity contribution is 0.0964. The normalized spacial score (nSPS) is 11.3. The van der Waals surface area contributed by atoms with Crippen LogP contribution in [0.1, 0.15) is 10.4 Å². The van der Waals surface area contributed by atoms with E-state index in [4.69, 9.17) is 8.83 Å². The first kappa shape index (κ1) is 24.4. The third kappa shape index (κ3) is 4.29. The van der Waals surface area contributed by atoms with Crippen LogP contribution < -0.4 is 10.2 Å². The molecular weight excluding hydrogens is 500 g/mol. The average Bonchev–Trinajstić information content (AvgIpc) is 3.53. The Bertz CT molecular complexity index is 1870. The number of rotatable bonds is 5. The Balaban J connectivity index is 1.55. The zero-order valence-corrected chi connectivity index (χ0v) is 21.4. The van der Waals surface area contributed by atoms with E-state index in [1.807, 2.05) is 55.4 Å². The highest BCUT2D eigenvalue weighted by atomic mass is 19.1. The summed E-state index contributed by atoms with van der Waals surface area (Å²) in [6.07, 6.45) is 0. The second-order valence-electron chi connectivity index (χ2n) is 9.36. The Morgan fingerprint density at radius 3 is 2.31 bits per heavy atom. The highest BCUT2D eigenvalue weighted by Crippen LogP contribution is 2.41. The molecule has 0 bridgehead atoms. The quantitative estimate of drug-likeness (QED) is 0.257. The van der Waals surface area contributed by atoms with Gasteiger partial charge in [-0.2, -0.15) is 0 Å². The smallest absolute Gasteiger partial charge is 0.255 e. The maximum atomic E-state index is 13.7. The van der Waals surface area contributed by atoms with Crippen molar-refractivity contribution in [2.45, 2.75) is 0 Å². The van der Waals surface area contributed by atoms with Gasteiger partial charge in [-0.05, 0) is 60.2 Å². The van der Waals surface area contributed by atoms with Crippen molar-refractivity contribution in [3.63, 3.8) is 0 Å². The number of halogens is 2. The van der Waals surface area contributed by atoms with Gasteiger partial charge < -0.3 is 19.1 Å². The van der Waals surface area contributed by atoms with Crippen molar-refractivity contribution in [2.75, 3.05) is 26.0 Å². The van der Waals surface area contributed by atoms with Crippen LogP contribution in [-0.4, -0.2) is 32.0 Å². The van der Waals surface area contributed by atoms with Crippen LogP contribution >= 0.6 is 0 Å². The molecule has 0 radical (unpaired) electrons. The standard InChI is InChI=1S/C31H23F2N3O3/c1-34-30(37)28-23-15-22(25(36(2)3)16-27(23)38-29(28)17-7-9-20(32)10-8-17)18-5-4-6-19(13-18)31-35-24-14-21(33)11-12-26(24)39-31/h4-16H,1-3H3,(H,34,37). The maximum absolute atomic E-state index is 13.7. The van der Waals surface area contributed by atoms with Crippen LogP contribution in [0, 0.1) is 11.6 Å². The minimum atomic E-state index is -0.382. The number of amides is 1. The van der Waals surface area contributed by atoms with Gasteiger partial charge in [0.15, 0.2) is 5.58 Å². The van der Waals surface area contributed by atoms with Crippen molar-refractivity contribution in [2.24, 2.45) is 0 Å². The number of nitrogens with zero attached hydrogens (tertiary/aromatic N) is 2. The molecule has 1 amide bonds. The molecule has 0 fully saturated rings. The molecule has 0 aliphatic rings. The molecule has 0 spiro atoms. The van der Waals surface area contributed by atoms with Gasteiger partial charge in [0.25, 0.3) is 5.91 Å². The van der Waals surface area contributed by atoms with Gasteiger partial charge in [0.1, 0.15) is 28.5 Å². The van der Waals surface area contributed by atoms with Gasteiger partial charge in [-0.15, -0.1) is 0 Å². The van der Waals surface area contributed by atoms with E-state index in [-0.39, 0.29) is 17.5 Å². The lowest BCUT2D eigenvalue weighted by Crippen LogP contribution is -2.18. The SMILES string of the molecule is CNC(=O)c1c(-c2ccc(F)cc2)oc2cc(N(C)C)c(-c3cccc(-c4nc5cc(F)ccc5o4)c3)cc12. The first-order valence-corrected chi connectivity index (χ1v) is 12.2. The predicted octanol–water partition coefficient (Wildman–Crippen LogP) is 7.28. The topological polar surface area (TPSA) is 71.5 Å². The fourth-order valence-corrected chi connectivity index (χ4v) is 4.73. The van der Waals surface area contributed by atoms with E-state index in [1.165, 1.54) is 24.3 Å². The third-order valence-corrected chi connectivity index (χ3v) is 6.62. The molecule has 8 heteroatoms. The summed E-state index contributed by atoms with van der Waals surface area (Å²) in [7, 11) is 5.40. The second kappa shape index (κ2) is 9.40. The number of aromatic nitrogens is 1. The number of fused-ring (bicyclic) bond motifs is 2. The van der Waals surface area contributed by atoms with Crippen molar-refractivity contribution in [3.8, 4) is 33.9 Å². The van der Waals surface area contributed by atoms with Crippen LogP contribution in [-0.2, 0) is 0 Å². The summed E-state index contributed by atoms with van der Waals surface area (Å²) in [4.78, 5) is 19.5. The summed E-state index contributed by atoms with van der Waals surface area (Å²) in [5.74, 6) is -0.342. The van der Waals surface area contributed by atoms with E-state index in [9.17, 15) is 13.6 Å². The fraction of sp³-hybridized carbons (Fsp3) is 0.0968. The summed E-state index contributed by atoms with van der Waals surface area (Å²) in [6.45, 7) is 0. The molecule has 194 valence electrons. The van der Waals surface area contributed by atoms with E-state index in [0.717, 1.165) is 22.4 Å². The molecular formula is C31H23F2N3O3. The maximum Gasteiger partial charge on any atom is 0.255 e. The number of nitrogens with one attached hydrogen (secondary N) is 1. The second-order valence-corrected chi connectivity index (χ2v) is 9.36. The number of benzene rings is 4. The van der Waals surface area contributed by atoms with Crippen LogP contribution in [0.3, 0.4) is 0 Å². The predicted molar refractivity (Wildman–Crippen MR) is 148 cm³/mol. The van der Waals surface area contributed by atoms with Gasteiger partial charge in [-0.3, -0.25) is 4.79 Å². The number of furan rings is 1. The molecule has 39 heavy (non-hydrogen) atoms. The van der Waals surface area contributed by atoms with Crippen molar-refractivity contribution in [1.29, 1.82) is 0 Å². The molecule has 6 rings (SSSR count). The van der Waals surface area contributed by atoms with E-state index >= 15 is 0 Å². The number of hydrogen-bond donors (Lipinski definition) is 1. The van der Waals surface area contributed by atoms with E-state index < -0.39 is 0 Å². The van der Waals surface area contributed by atoms with Gasteiger partial charge in [-0.25, -0.2) is 13.8 Å². The minimum Gasteiger partial charge on any atom is -0.455 e. The van der Waals surface area contributed by atoms with E-state index in [1.54, 1.807) is 25.2 Å². The fourth-order valence-electron chi connectivity index (χ4n) is 4.73. The van der Waals surface area contributed by atoms with Crippen LogP contribution in [0.5, 0.6) is 0 Å². The summed E-state index contributed by atoms with van der Waals surface area (Å²) in [5, 5.41) is 3.32. The zero-order valence-electron chi connectivity index (χ0n) is 21.4. The lowest BCUT2D eigenvalue weighted by Gasteiger charge is -2.18. The molecule has 2 aromatic heterocycles. The molecule has 4 aromatic carbocycles. The molecule has 0 atom stereocenters. The number of anilines is 1. The molecule has 1 N–H and O–H groups in total. The highest BCUT2D eigenvalue weighted by Gasteiger charge is 2.24. The van der Waals surface area contributed by atoms with Crippen molar-refractivity contribution in [3.05, 3.63) is 96.1 Å². The Labute approximate surface area is 222 Å². The molecule has 0 aliphatic carbocycles. The molecule has 6 aromatic rings. The molecule has 0 saturated heterocycles. The van der Waals surface area contributed by atoms with E-state index in [2.05, 4.69) is 10.3 Å². The summed E-state index contributed by atoms with van der Waals surface area (Å²) in [5.41, 5.74) is 5.71. The molecule has 0 saturated carbocycles. The number of carbonyl (C=O) groups is 1. The Morgan fingerprint density at radius 2 is 1.56 bits per heavy atom. The van der Waals surface area contributed by atoms with Gasteiger partial charge in [0.2, 0.25) is 5.89 Å². The molecule has 0 unspecified atom stereocenters. The number of oxazole rings is 1. The van der Waals surface area contributed by atoms with Gasteiger partial charge in [-0.1, -0.05) is 12.1 Å². The lowest BCUT2D eigenvalue weighted by atomic mass is 9.97. The average molecular weight is 524 g/mol. The first-order chi connectivity index (χ1) is 18.8. The first-order valence-electron chi connectivity index (χ1n) is 12.2. The third-order valence-electron chi connectivity index (χ3n) is 6.62. The van der Waals surface area contributed by atoms with E-state index in [0.29, 0.717) is 44.8 Å². The highest BCUT2D eigenvalue weighted by molar-refractivity contribution is 6.13. The largest absolute Gasteiger partial charge is 0.455 e. The van der Waals surface area contributed by atoms with Gasteiger partial charge in [0.05, 0.1) is 5.56 Å². The Kier molecular flexibility index (Phi) is 5.87. The monoisotopic (exact) mass is 523 g/mol. The van der Waals surface area contributed by atoms with Crippen molar-refractivity contribution in [1.82, 2.24) is 10.3 Å². The Morgan fingerprint density at radius 1 is 0.821 bits per heavy atom. The zero-order chi connectivity index (χ0) is 27.3. The molecule has 2 heterocycles. The number of carbonyl (C=O) groups excluding carboxylic acids is 1. The van der Waals surface area contributed by atoms with Crippen molar-refractivity contribution >= 4 is 33.7 Å². The summed E-state index contributed by atoms with van der Waals surface area (Å²) in [6, 6.07) is 21.5. The van der Waals surface area contributed by atoms with Gasteiger partial charge >= 0.3 is 0 Å².